The molecular weight excluding hydrogens is 448 g/mol. The summed E-state index contributed by atoms with van der Waals surface area (Å²) in [4.78, 5) is 35.8. The van der Waals surface area contributed by atoms with E-state index in [4.69, 9.17) is 4.74 Å². The quantitative estimate of drug-likeness (QED) is 0.379. The number of methoxy groups -OCH3 is 1. The molecule has 5 rings (SSSR count). The van der Waals surface area contributed by atoms with Crippen LogP contribution in [0.1, 0.15) is 20.8 Å². The van der Waals surface area contributed by atoms with Gasteiger partial charge in [-0.05, 0) is 30.3 Å². The topological polar surface area (TPSA) is 122 Å². The average Bonchev–Trinajstić information content (AvgIpc) is 3.24. The van der Waals surface area contributed by atoms with E-state index in [0.717, 1.165) is 31.9 Å². The van der Waals surface area contributed by atoms with Gasteiger partial charge in [0.15, 0.2) is 0 Å². The summed E-state index contributed by atoms with van der Waals surface area (Å²) in [6.07, 6.45) is 5.03. The van der Waals surface area contributed by atoms with Gasteiger partial charge in [0.2, 0.25) is 5.88 Å². The van der Waals surface area contributed by atoms with Crippen LogP contribution in [0, 0.1) is 0 Å². The molecule has 0 aliphatic carbocycles. The number of aromatic nitrogens is 3. The minimum Gasteiger partial charge on any atom is -0.494 e. The summed E-state index contributed by atoms with van der Waals surface area (Å²) in [7, 11) is 1.30. The van der Waals surface area contributed by atoms with Crippen molar-refractivity contribution in [2.24, 2.45) is 0 Å². The molecular formula is C25H24N6O4. The third kappa shape index (κ3) is 4.38. The molecule has 0 bridgehead atoms. The first-order chi connectivity index (χ1) is 17.0. The number of benzene rings is 1. The van der Waals surface area contributed by atoms with Gasteiger partial charge in [-0.1, -0.05) is 12.1 Å². The Bertz CT molecular complexity index is 1410. The highest BCUT2D eigenvalue weighted by Crippen LogP contribution is 2.31. The van der Waals surface area contributed by atoms with Gasteiger partial charge in [0.25, 0.3) is 5.91 Å². The Kier molecular flexibility index (Phi) is 6.02. The number of carbonyl (C=O) groups is 2. The Morgan fingerprint density at radius 2 is 1.97 bits per heavy atom. The molecule has 0 atom stereocenters. The molecule has 1 amide bonds. The molecule has 178 valence electrons. The van der Waals surface area contributed by atoms with Crippen LogP contribution in [0.15, 0.2) is 61.1 Å². The standard InChI is InChI=1S/C25H24N6O4/c1-35-25(34)16-5-6-17-15-31(24(33)18(17)13-16)22-4-2-3-19(28-22)23(32)29-20-14-27-8-7-21(20)30-11-9-26-10-12-30/h2-8,13-15,26,33H,9-12H2,1H3,(H,29,32). The number of carbonyl (C=O) groups excluding carboxylic acids is 2. The molecule has 0 saturated carbocycles. The first-order valence-corrected chi connectivity index (χ1v) is 11.2. The number of rotatable bonds is 5. The van der Waals surface area contributed by atoms with Crippen LogP contribution in [-0.2, 0) is 4.74 Å². The number of nitrogens with one attached hydrogen (secondary N) is 2. The van der Waals surface area contributed by atoms with Gasteiger partial charge in [-0.3, -0.25) is 14.3 Å². The van der Waals surface area contributed by atoms with E-state index in [0.29, 0.717) is 27.8 Å². The lowest BCUT2D eigenvalue weighted by molar-refractivity contribution is 0.0601. The summed E-state index contributed by atoms with van der Waals surface area (Å²) in [6, 6.07) is 11.8. The van der Waals surface area contributed by atoms with Crippen LogP contribution in [0.25, 0.3) is 16.6 Å². The Balaban J connectivity index is 1.43. The SMILES string of the molecule is COC(=O)c1ccc2cn(-c3cccc(C(=O)Nc4cnccc4N4CCNCC4)n3)c(O)c2c1. The molecule has 3 N–H and O–H groups in total. The fourth-order valence-electron chi connectivity index (χ4n) is 4.15. The fraction of sp³-hybridized carbons (Fsp3) is 0.200. The second-order valence-corrected chi connectivity index (χ2v) is 8.08. The molecule has 1 aliphatic rings. The van der Waals surface area contributed by atoms with E-state index in [1.165, 1.54) is 11.7 Å². The summed E-state index contributed by atoms with van der Waals surface area (Å²) in [6.45, 7) is 3.40. The predicted molar refractivity (Wildman–Crippen MR) is 131 cm³/mol. The lowest BCUT2D eigenvalue weighted by Crippen LogP contribution is -2.43. The van der Waals surface area contributed by atoms with Gasteiger partial charge in [0.1, 0.15) is 11.5 Å². The number of hydrogen-bond donors (Lipinski definition) is 3. The molecule has 1 aromatic carbocycles. The van der Waals surface area contributed by atoms with Crippen LogP contribution in [0.5, 0.6) is 5.88 Å². The molecule has 1 saturated heterocycles. The molecule has 0 spiro atoms. The highest BCUT2D eigenvalue weighted by Gasteiger charge is 2.18. The van der Waals surface area contributed by atoms with Crippen molar-refractivity contribution in [1.29, 1.82) is 0 Å². The second kappa shape index (κ2) is 9.43. The van der Waals surface area contributed by atoms with Crippen molar-refractivity contribution in [3.8, 4) is 11.7 Å². The monoisotopic (exact) mass is 472 g/mol. The number of pyridine rings is 2. The highest BCUT2D eigenvalue weighted by atomic mass is 16.5. The van der Waals surface area contributed by atoms with Crippen molar-refractivity contribution in [3.05, 3.63) is 72.3 Å². The van der Waals surface area contributed by atoms with Crippen LogP contribution < -0.4 is 15.5 Å². The van der Waals surface area contributed by atoms with E-state index in [1.807, 2.05) is 6.07 Å². The zero-order valence-corrected chi connectivity index (χ0v) is 19.1. The molecule has 1 aliphatic heterocycles. The Morgan fingerprint density at radius 3 is 2.77 bits per heavy atom. The second-order valence-electron chi connectivity index (χ2n) is 8.08. The first kappa shape index (κ1) is 22.4. The van der Waals surface area contributed by atoms with Crippen LogP contribution in [0.2, 0.25) is 0 Å². The zero-order chi connectivity index (χ0) is 24.4. The molecule has 0 radical (unpaired) electrons. The number of fused-ring (bicyclic) bond motifs is 1. The number of aromatic hydroxyl groups is 1. The fourth-order valence-corrected chi connectivity index (χ4v) is 4.15. The number of ether oxygens (including phenoxy) is 1. The van der Waals surface area contributed by atoms with E-state index in [1.54, 1.807) is 55.0 Å². The minimum absolute atomic E-state index is 0.0935. The maximum atomic E-state index is 13.1. The van der Waals surface area contributed by atoms with Gasteiger partial charge in [-0.2, -0.15) is 0 Å². The largest absolute Gasteiger partial charge is 0.494 e. The highest BCUT2D eigenvalue weighted by molar-refractivity contribution is 6.04. The van der Waals surface area contributed by atoms with Gasteiger partial charge in [-0.15, -0.1) is 0 Å². The molecule has 1 fully saturated rings. The Hall–Kier alpha value is -4.44. The van der Waals surface area contributed by atoms with Gasteiger partial charge in [-0.25, -0.2) is 9.78 Å². The lowest BCUT2D eigenvalue weighted by Gasteiger charge is -2.30. The molecule has 0 unspecified atom stereocenters. The van der Waals surface area contributed by atoms with Crippen molar-refractivity contribution in [2.75, 3.05) is 43.5 Å². The van der Waals surface area contributed by atoms with Gasteiger partial charge >= 0.3 is 5.97 Å². The van der Waals surface area contributed by atoms with Crippen LogP contribution >= 0.6 is 0 Å². The molecule has 35 heavy (non-hydrogen) atoms. The first-order valence-electron chi connectivity index (χ1n) is 11.2. The summed E-state index contributed by atoms with van der Waals surface area (Å²) >= 11 is 0. The third-order valence-electron chi connectivity index (χ3n) is 5.93. The molecule has 4 aromatic rings. The average molecular weight is 473 g/mol. The summed E-state index contributed by atoms with van der Waals surface area (Å²) in [5.41, 5.74) is 2.02. The molecule has 3 aromatic heterocycles. The van der Waals surface area contributed by atoms with Gasteiger partial charge in [0.05, 0.1) is 30.2 Å². The molecule has 10 heteroatoms. The van der Waals surface area contributed by atoms with Crippen molar-refractivity contribution in [1.82, 2.24) is 19.9 Å². The van der Waals surface area contributed by atoms with E-state index >= 15 is 0 Å². The Labute approximate surface area is 201 Å². The van der Waals surface area contributed by atoms with E-state index in [2.05, 4.69) is 25.5 Å². The van der Waals surface area contributed by atoms with Gasteiger partial charge in [0, 0.05) is 49.3 Å². The number of nitrogens with zero attached hydrogens (tertiary/aromatic N) is 4. The maximum Gasteiger partial charge on any atom is 0.337 e. The zero-order valence-electron chi connectivity index (χ0n) is 19.1. The lowest BCUT2D eigenvalue weighted by atomic mass is 10.1. The van der Waals surface area contributed by atoms with Crippen LogP contribution in [0.4, 0.5) is 11.4 Å². The van der Waals surface area contributed by atoms with Crippen molar-refractivity contribution < 1.29 is 19.4 Å². The number of piperazine rings is 1. The van der Waals surface area contributed by atoms with Crippen molar-refractivity contribution in [2.45, 2.75) is 0 Å². The van der Waals surface area contributed by atoms with Crippen LogP contribution in [-0.4, -0.2) is 64.8 Å². The maximum absolute atomic E-state index is 13.1. The van der Waals surface area contributed by atoms with E-state index in [9.17, 15) is 14.7 Å². The van der Waals surface area contributed by atoms with Gasteiger partial charge < -0.3 is 25.4 Å². The number of amides is 1. The predicted octanol–water partition coefficient (Wildman–Crippen LogP) is 2.57. The van der Waals surface area contributed by atoms with Crippen molar-refractivity contribution >= 4 is 34.0 Å². The summed E-state index contributed by atoms with van der Waals surface area (Å²) in [5.74, 6) is -0.615. The van der Waals surface area contributed by atoms with Crippen molar-refractivity contribution in [3.63, 3.8) is 0 Å². The van der Waals surface area contributed by atoms with Crippen LogP contribution in [0.3, 0.4) is 0 Å². The molecule has 10 nitrogen and oxygen atoms in total. The Morgan fingerprint density at radius 1 is 1.14 bits per heavy atom. The summed E-state index contributed by atoms with van der Waals surface area (Å²) in [5, 5.41) is 18.2. The molecule has 4 heterocycles. The normalized spacial score (nSPS) is 13.6. The number of esters is 1. The van der Waals surface area contributed by atoms with E-state index < -0.39 is 5.97 Å². The third-order valence-corrected chi connectivity index (χ3v) is 5.93. The minimum atomic E-state index is -0.494. The van der Waals surface area contributed by atoms with E-state index in [-0.39, 0.29) is 17.5 Å². The number of anilines is 2. The smallest absolute Gasteiger partial charge is 0.337 e. The number of hydrogen-bond acceptors (Lipinski definition) is 8. The summed E-state index contributed by atoms with van der Waals surface area (Å²) < 4.78 is 6.23.